The van der Waals surface area contributed by atoms with Gasteiger partial charge in [-0.3, -0.25) is 4.79 Å². The second-order valence-corrected chi connectivity index (χ2v) is 4.19. The lowest BCUT2D eigenvalue weighted by Crippen LogP contribution is -2.41. The molecule has 0 radical (unpaired) electrons. The molecule has 0 bridgehead atoms. The molecule has 0 aliphatic rings. The number of nitrogens with zero attached hydrogens (tertiary/aromatic N) is 1. The summed E-state index contributed by atoms with van der Waals surface area (Å²) in [5.74, 6) is 0.448. The van der Waals surface area contributed by atoms with E-state index in [-0.39, 0.29) is 11.9 Å². The molecule has 0 spiro atoms. The molecule has 2 N–H and O–H groups in total. The third-order valence-corrected chi connectivity index (χ3v) is 2.47. The van der Waals surface area contributed by atoms with Crippen molar-refractivity contribution in [1.82, 2.24) is 15.8 Å². The third kappa shape index (κ3) is 4.44. The van der Waals surface area contributed by atoms with E-state index in [2.05, 4.69) is 34.2 Å². The first-order valence-electron chi connectivity index (χ1n) is 5.49. The maximum atomic E-state index is 11.5. The average Bonchev–Trinajstić information content (AvgIpc) is 2.70. The van der Waals surface area contributed by atoms with Gasteiger partial charge in [-0.25, -0.2) is 0 Å². The summed E-state index contributed by atoms with van der Waals surface area (Å²) in [4.78, 5) is 11.5. The van der Waals surface area contributed by atoms with Crippen LogP contribution in [0.2, 0.25) is 0 Å². The van der Waals surface area contributed by atoms with Gasteiger partial charge in [0.05, 0.1) is 12.2 Å². The van der Waals surface area contributed by atoms with E-state index in [4.69, 9.17) is 0 Å². The second kappa shape index (κ2) is 6.27. The molecule has 16 heavy (non-hydrogen) atoms. The van der Waals surface area contributed by atoms with E-state index >= 15 is 0 Å². The highest BCUT2D eigenvalue weighted by molar-refractivity contribution is 5.78. The quantitative estimate of drug-likeness (QED) is 0.755. The predicted octanol–water partition coefficient (Wildman–Crippen LogP) is 0.925. The number of carbonyl (C=O) groups excluding carboxylic acids is 1. The zero-order valence-corrected chi connectivity index (χ0v) is 9.99. The van der Waals surface area contributed by atoms with Crippen LogP contribution in [-0.4, -0.2) is 23.7 Å². The molecule has 1 amide bonds. The molecule has 1 aromatic rings. The third-order valence-electron chi connectivity index (χ3n) is 2.47. The van der Waals surface area contributed by atoms with Gasteiger partial charge in [0.25, 0.3) is 0 Å². The van der Waals surface area contributed by atoms with Crippen LogP contribution < -0.4 is 10.6 Å². The number of hydrogen-bond acceptors (Lipinski definition) is 4. The minimum absolute atomic E-state index is 0.00435. The van der Waals surface area contributed by atoms with Crippen LogP contribution >= 0.6 is 0 Å². The van der Waals surface area contributed by atoms with Crippen molar-refractivity contribution in [1.29, 1.82) is 0 Å². The topological polar surface area (TPSA) is 67.2 Å². The van der Waals surface area contributed by atoms with Crippen LogP contribution in [0.3, 0.4) is 0 Å². The summed E-state index contributed by atoms with van der Waals surface area (Å²) < 4.78 is 4.68. The first kappa shape index (κ1) is 12.7. The smallest absolute Gasteiger partial charge is 0.234 e. The Morgan fingerprint density at radius 3 is 2.81 bits per heavy atom. The van der Waals surface area contributed by atoms with Gasteiger partial charge >= 0.3 is 0 Å². The fraction of sp³-hybridized carbons (Fsp3) is 0.636. The number of hydrogen-bond donors (Lipinski definition) is 2. The Hall–Kier alpha value is -1.36. The van der Waals surface area contributed by atoms with Crippen molar-refractivity contribution in [3.05, 3.63) is 18.0 Å². The number of amides is 1. The fourth-order valence-corrected chi connectivity index (χ4v) is 1.10. The van der Waals surface area contributed by atoms with Crippen molar-refractivity contribution in [2.45, 2.75) is 33.4 Å². The highest BCUT2D eigenvalue weighted by Gasteiger charge is 2.10. The van der Waals surface area contributed by atoms with Crippen molar-refractivity contribution >= 4 is 5.91 Å². The van der Waals surface area contributed by atoms with Gasteiger partial charge in [-0.05, 0) is 12.8 Å². The first-order chi connectivity index (χ1) is 7.59. The van der Waals surface area contributed by atoms with E-state index in [1.807, 2.05) is 6.92 Å². The molecule has 5 heteroatoms. The van der Waals surface area contributed by atoms with E-state index in [0.717, 1.165) is 5.69 Å². The molecule has 90 valence electrons. The zero-order valence-electron chi connectivity index (χ0n) is 9.99. The number of aromatic nitrogens is 1. The lowest BCUT2D eigenvalue weighted by molar-refractivity contribution is -0.121. The number of nitrogens with one attached hydrogen (secondary N) is 2. The van der Waals surface area contributed by atoms with Gasteiger partial charge in [-0.2, -0.15) is 0 Å². The molecule has 1 atom stereocenters. The van der Waals surface area contributed by atoms with Crippen LogP contribution in [0.15, 0.2) is 16.9 Å². The lowest BCUT2D eigenvalue weighted by Gasteiger charge is -2.17. The number of carbonyl (C=O) groups is 1. The van der Waals surface area contributed by atoms with E-state index in [9.17, 15) is 4.79 Å². The monoisotopic (exact) mass is 225 g/mol. The minimum Gasteiger partial charge on any atom is -0.364 e. The molecule has 0 saturated carbocycles. The molecule has 1 rings (SSSR count). The Morgan fingerprint density at radius 1 is 1.50 bits per heavy atom. The SMILES string of the molecule is CC(C)C(C)NC(=O)CNCc1ccon1. The molecule has 1 heterocycles. The molecule has 0 aliphatic heterocycles. The summed E-state index contributed by atoms with van der Waals surface area (Å²) in [6.45, 7) is 6.99. The highest BCUT2D eigenvalue weighted by atomic mass is 16.5. The minimum atomic E-state index is 0.00435. The molecule has 1 unspecified atom stereocenters. The van der Waals surface area contributed by atoms with Gasteiger partial charge in [-0.15, -0.1) is 0 Å². The van der Waals surface area contributed by atoms with Gasteiger partial charge in [-0.1, -0.05) is 19.0 Å². The van der Waals surface area contributed by atoms with Crippen LogP contribution in [-0.2, 0) is 11.3 Å². The summed E-state index contributed by atoms with van der Waals surface area (Å²) in [5.41, 5.74) is 0.796. The maximum absolute atomic E-state index is 11.5. The van der Waals surface area contributed by atoms with Gasteiger partial charge in [0.1, 0.15) is 6.26 Å². The number of rotatable bonds is 6. The molecule has 1 aromatic heterocycles. The second-order valence-electron chi connectivity index (χ2n) is 4.19. The largest absolute Gasteiger partial charge is 0.364 e. The van der Waals surface area contributed by atoms with Crippen molar-refractivity contribution in [2.75, 3.05) is 6.54 Å². The maximum Gasteiger partial charge on any atom is 0.234 e. The van der Waals surface area contributed by atoms with Crippen molar-refractivity contribution in [3.63, 3.8) is 0 Å². The van der Waals surface area contributed by atoms with Crippen LogP contribution in [0.4, 0.5) is 0 Å². The molecule has 5 nitrogen and oxygen atoms in total. The Morgan fingerprint density at radius 2 is 2.25 bits per heavy atom. The molecule has 0 fully saturated rings. The van der Waals surface area contributed by atoms with Crippen molar-refractivity contribution in [2.24, 2.45) is 5.92 Å². The van der Waals surface area contributed by atoms with Gasteiger partial charge in [0.15, 0.2) is 0 Å². The summed E-state index contributed by atoms with van der Waals surface area (Å²) in [6.07, 6.45) is 1.51. The Labute approximate surface area is 95.6 Å². The van der Waals surface area contributed by atoms with Gasteiger partial charge < -0.3 is 15.2 Å². The molecule has 0 aliphatic carbocycles. The van der Waals surface area contributed by atoms with Crippen LogP contribution in [0.25, 0.3) is 0 Å². The lowest BCUT2D eigenvalue weighted by atomic mass is 10.1. The van der Waals surface area contributed by atoms with Gasteiger partial charge in [0.2, 0.25) is 5.91 Å². The van der Waals surface area contributed by atoms with Crippen molar-refractivity contribution < 1.29 is 9.32 Å². The van der Waals surface area contributed by atoms with E-state index in [0.29, 0.717) is 19.0 Å². The molecule has 0 aromatic carbocycles. The zero-order chi connectivity index (χ0) is 12.0. The summed E-state index contributed by atoms with van der Waals surface area (Å²) in [7, 11) is 0. The molecular formula is C11H19N3O2. The van der Waals surface area contributed by atoms with Gasteiger partial charge in [0, 0.05) is 18.7 Å². The summed E-state index contributed by atoms with van der Waals surface area (Å²) in [6, 6.07) is 1.96. The summed E-state index contributed by atoms with van der Waals surface area (Å²) in [5, 5.41) is 9.64. The Kier molecular flexibility index (Phi) is 4.98. The Balaban J connectivity index is 2.15. The average molecular weight is 225 g/mol. The molecular weight excluding hydrogens is 206 g/mol. The van der Waals surface area contributed by atoms with Crippen LogP contribution in [0.5, 0.6) is 0 Å². The van der Waals surface area contributed by atoms with Crippen LogP contribution in [0.1, 0.15) is 26.5 Å². The van der Waals surface area contributed by atoms with E-state index in [1.165, 1.54) is 6.26 Å². The van der Waals surface area contributed by atoms with E-state index in [1.54, 1.807) is 6.07 Å². The van der Waals surface area contributed by atoms with Crippen molar-refractivity contribution in [3.8, 4) is 0 Å². The Bertz CT molecular complexity index is 309. The summed E-state index contributed by atoms with van der Waals surface area (Å²) >= 11 is 0. The predicted molar refractivity (Wildman–Crippen MR) is 60.7 cm³/mol. The highest BCUT2D eigenvalue weighted by Crippen LogP contribution is 1.99. The standard InChI is InChI=1S/C11H19N3O2/c1-8(2)9(3)13-11(15)7-12-6-10-4-5-16-14-10/h4-5,8-9,12H,6-7H2,1-3H3,(H,13,15). The van der Waals surface area contributed by atoms with E-state index < -0.39 is 0 Å². The first-order valence-corrected chi connectivity index (χ1v) is 5.49. The molecule has 0 saturated heterocycles. The normalized spacial score (nSPS) is 12.8. The van der Waals surface area contributed by atoms with Crippen LogP contribution in [0, 0.1) is 5.92 Å². The fourth-order valence-electron chi connectivity index (χ4n) is 1.10.